The van der Waals surface area contributed by atoms with Crippen LogP contribution in [0.5, 0.6) is 5.75 Å². The number of unbranched alkanes of at least 4 members (excludes halogenated alkanes) is 1. The van der Waals surface area contributed by atoms with Crippen molar-refractivity contribution in [2.75, 3.05) is 19.6 Å². The van der Waals surface area contributed by atoms with Crippen molar-refractivity contribution < 1.29 is 5.11 Å². The van der Waals surface area contributed by atoms with Crippen molar-refractivity contribution in [2.24, 2.45) is 0 Å². The van der Waals surface area contributed by atoms with Gasteiger partial charge in [-0.05, 0) is 52.2 Å². The van der Waals surface area contributed by atoms with Crippen molar-refractivity contribution in [1.29, 1.82) is 0 Å². The molecule has 0 bridgehead atoms. The van der Waals surface area contributed by atoms with Gasteiger partial charge in [0.05, 0.1) is 5.69 Å². The predicted octanol–water partition coefficient (Wildman–Crippen LogP) is 2.13. The third-order valence-corrected chi connectivity index (χ3v) is 3.98. The van der Waals surface area contributed by atoms with E-state index in [1.165, 1.54) is 51.4 Å². The van der Waals surface area contributed by atoms with E-state index in [4.69, 9.17) is 0 Å². The van der Waals surface area contributed by atoms with E-state index in [-0.39, 0.29) is 11.2 Å². The Labute approximate surface area is 114 Å². The third kappa shape index (κ3) is 3.83. The van der Waals surface area contributed by atoms with E-state index in [1.54, 1.807) is 13.1 Å². The first-order valence-corrected chi connectivity index (χ1v) is 7.30. The maximum atomic E-state index is 11.3. The second-order valence-corrected chi connectivity index (χ2v) is 5.42. The highest BCUT2D eigenvalue weighted by molar-refractivity contribution is 5.25. The van der Waals surface area contributed by atoms with Crippen LogP contribution in [0.3, 0.4) is 0 Å². The number of aromatic nitrogens is 1. The van der Waals surface area contributed by atoms with Crippen LogP contribution in [0.2, 0.25) is 0 Å². The lowest BCUT2D eigenvalue weighted by atomic mass is 10.1. The molecule has 0 spiro atoms. The summed E-state index contributed by atoms with van der Waals surface area (Å²) in [6.45, 7) is 6.33. The molecule has 0 amide bonds. The molecule has 2 rings (SSSR count). The lowest BCUT2D eigenvalue weighted by Gasteiger charge is -2.26. The van der Waals surface area contributed by atoms with Gasteiger partial charge in [-0.1, -0.05) is 6.42 Å². The minimum absolute atomic E-state index is 0.112. The molecule has 1 aliphatic heterocycles. The molecule has 1 N–H and O–H groups in total. The number of piperidine rings is 1. The maximum Gasteiger partial charge on any atom is 0.223 e. The van der Waals surface area contributed by atoms with Crippen LogP contribution in [-0.2, 0) is 6.54 Å². The molecular weight excluding hydrogens is 240 g/mol. The van der Waals surface area contributed by atoms with Crippen molar-refractivity contribution in [1.82, 2.24) is 9.47 Å². The summed E-state index contributed by atoms with van der Waals surface area (Å²) in [6.07, 6.45) is 8.09. The monoisotopic (exact) mass is 264 g/mol. The molecule has 1 aliphatic rings. The number of hydrogen-bond donors (Lipinski definition) is 1. The molecule has 0 atom stereocenters. The minimum atomic E-state index is -0.290. The van der Waals surface area contributed by atoms with Gasteiger partial charge >= 0.3 is 0 Å². The molecule has 0 saturated carbocycles. The van der Waals surface area contributed by atoms with Crippen LogP contribution in [0.1, 0.15) is 37.8 Å². The molecular formula is C15H24N2O2. The molecule has 1 aromatic rings. The van der Waals surface area contributed by atoms with Crippen molar-refractivity contribution in [3.63, 3.8) is 0 Å². The Bertz CT molecular complexity index is 462. The lowest BCUT2D eigenvalue weighted by molar-refractivity contribution is 0.223. The number of nitrogens with zero attached hydrogens (tertiary/aromatic N) is 2. The zero-order valence-corrected chi connectivity index (χ0v) is 11.8. The Morgan fingerprint density at radius 3 is 2.58 bits per heavy atom. The Balaban J connectivity index is 1.76. The topological polar surface area (TPSA) is 45.5 Å². The van der Waals surface area contributed by atoms with E-state index in [2.05, 4.69) is 4.90 Å². The van der Waals surface area contributed by atoms with Gasteiger partial charge < -0.3 is 14.6 Å². The van der Waals surface area contributed by atoms with Crippen LogP contribution in [0.15, 0.2) is 17.1 Å². The molecule has 1 saturated heterocycles. The van der Waals surface area contributed by atoms with E-state index >= 15 is 0 Å². The van der Waals surface area contributed by atoms with Crippen molar-refractivity contribution in [3.8, 4) is 5.75 Å². The lowest BCUT2D eigenvalue weighted by Crippen LogP contribution is -2.30. The fraction of sp³-hybridized carbons (Fsp3) is 0.667. The SMILES string of the molecule is Cc1c(O)c(=O)ccn1CCCCN1CCCCC1. The van der Waals surface area contributed by atoms with Gasteiger partial charge in [-0.2, -0.15) is 0 Å². The molecule has 0 unspecified atom stereocenters. The smallest absolute Gasteiger partial charge is 0.223 e. The van der Waals surface area contributed by atoms with Gasteiger partial charge in [-0.15, -0.1) is 0 Å². The first kappa shape index (κ1) is 14.1. The summed E-state index contributed by atoms with van der Waals surface area (Å²) in [4.78, 5) is 13.8. The van der Waals surface area contributed by atoms with Crippen LogP contribution in [0.25, 0.3) is 0 Å². The summed E-state index contributed by atoms with van der Waals surface area (Å²) in [7, 11) is 0. The largest absolute Gasteiger partial charge is 0.503 e. The van der Waals surface area contributed by atoms with Crippen LogP contribution in [0, 0.1) is 6.92 Å². The van der Waals surface area contributed by atoms with Gasteiger partial charge in [0.1, 0.15) is 0 Å². The average Bonchev–Trinajstić information content (AvgIpc) is 2.44. The van der Waals surface area contributed by atoms with Gasteiger partial charge in [0, 0.05) is 18.8 Å². The highest BCUT2D eigenvalue weighted by Crippen LogP contribution is 2.12. The average molecular weight is 264 g/mol. The zero-order chi connectivity index (χ0) is 13.7. The summed E-state index contributed by atoms with van der Waals surface area (Å²) in [5, 5.41) is 9.61. The molecule has 4 nitrogen and oxygen atoms in total. The summed E-state index contributed by atoms with van der Waals surface area (Å²) in [6, 6.07) is 1.44. The van der Waals surface area contributed by atoms with E-state index in [0.717, 1.165) is 13.0 Å². The highest BCUT2D eigenvalue weighted by atomic mass is 16.3. The van der Waals surface area contributed by atoms with Crippen molar-refractivity contribution in [2.45, 2.75) is 45.6 Å². The quantitative estimate of drug-likeness (QED) is 0.829. The Hall–Kier alpha value is -1.29. The first-order chi connectivity index (χ1) is 9.18. The van der Waals surface area contributed by atoms with Crippen LogP contribution < -0.4 is 5.43 Å². The zero-order valence-electron chi connectivity index (χ0n) is 11.8. The van der Waals surface area contributed by atoms with E-state index in [9.17, 15) is 9.90 Å². The Morgan fingerprint density at radius 2 is 1.84 bits per heavy atom. The first-order valence-electron chi connectivity index (χ1n) is 7.30. The summed E-state index contributed by atoms with van der Waals surface area (Å²) in [5.41, 5.74) is 0.382. The highest BCUT2D eigenvalue weighted by Gasteiger charge is 2.09. The summed E-state index contributed by atoms with van der Waals surface area (Å²) < 4.78 is 1.97. The van der Waals surface area contributed by atoms with E-state index in [1.807, 2.05) is 4.57 Å². The number of aryl methyl sites for hydroxylation is 1. The number of likely N-dealkylation sites (tertiary alicyclic amines) is 1. The number of rotatable bonds is 5. The van der Waals surface area contributed by atoms with E-state index in [0.29, 0.717) is 5.69 Å². The van der Waals surface area contributed by atoms with Gasteiger partial charge in [0.2, 0.25) is 5.43 Å². The van der Waals surface area contributed by atoms with Crippen molar-refractivity contribution in [3.05, 3.63) is 28.2 Å². The number of pyridine rings is 1. The molecule has 19 heavy (non-hydrogen) atoms. The Kier molecular flexibility index (Phi) is 5.02. The fourth-order valence-electron chi connectivity index (χ4n) is 2.71. The molecule has 4 heteroatoms. The van der Waals surface area contributed by atoms with Gasteiger partial charge in [-0.3, -0.25) is 4.79 Å². The molecule has 0 aliphatic carbocycles. The summed E-state index contributed by atoms with van der Waals surface area (Å²) >= 11 is 0. The number of hydrogen-bond acceptors (Lipinski definition) is 3. The van der Waals surface area contributed by atoms with E-state index < -0.39 is 0 Å². The molecule has 0 aromatic carbocycles. The minimum Gasteiger partial charge on any atom is -0.503 e. The molecule has 1 aromatic heterocycles. The predicted molar refractivity (Wildman–Crippen MR) is 76.6 cm³/mol. The second-order valence-electron chi connectivity index (χ2n) is 5.42. The van der Waals surface area contributed by atoms with Gasteiger partial charge in [0.15, 0.2) is 5.75 Å². The molecule has 2 heterocycles. The summed E-state index contributed by atoms with van der Waals surface area (Å²) in [5.74, 6) is -0.112. The molecule has 106 valence electrons. The Morgan fingerprint density at radius 1 is 1.16 bits per heavy atom. The van der Waals surface area contributed by atoms with Crippen LogP contribution >= 0.6 is 0 Å². The third-order valence-electron chi connectivity index (χ3n) is 3.98. The van der Waals surface area contributed by atoms with Gasteiger partial charge in [-0.25, -0.2) is 0 Å². The van der Waals surface area contributed by atoms with Crippen LogP contribution in [-0.4, -0.2) is 34.2 Å². The molecule has 1 fully saturated rings. The number of aromatic hydroxyl groups is 1. The maximum absolute atomic E-state index is 11.3. The van der Waals surface area contributed by atoms with Crippen LogP contribution in [0.4, 0.5) is 0 Å². The standard InChI is InChI=1S/C15H24N2O2/c1-13-15(19)14(18)7-12-17(13)11-6-5-10-16-8-3-2-4-9-16/h7,12,19H,2-6,8-11H2,1H3. The second kappa shape index (κ2) is 6.75. The molecule has 0 radical (unpaired) electrons. The van der Waals surface area contributed by atoms with Crippen molar-refractivity contribution >= 4 is 0 Å². The fourth-order valence-corrected chi connectivity index (χ4v) is 2.71. The normalized spacial score (nSPS) is 16.7. The van der Waals surface area contributed by atoms with Gasteiger partial charge in [0.25, 0.3) is 0 Å².